The van der Waals surface area contributed by atoms with Gasteiger partial charge in [0, 0.05) is 18.8 Å². The fourth-order valence-corrected chi connectivity index (χ4v) is 1.85. The highest BCUT2D eigenvalue weighted by Gasteiger charge is 1.92. The number of benzene rings is 2. The zero-order valence-corrected chi connectivity index (χ0v) is 10.9. The van der Waals surface area contributed by atoms with Crippen LogP contribution in [0, 0.1) is 0 Å². The first-order valence-electron chi connectivity index (χ1n) is 6.54. The van der Waals surface area contributed by atoms with E-state index in [-0.39, 0.29) is 6.61 Å². The molecule has 0 aromatic heterocycles. The van der Waals surface area contributed by atoms with Crippen molar-refractivity contribution < 1.29 is 5.11 Å². The van der Waals surface area contributed by atoms with Crippen molar-refractivity contribution in [2.45, 2.75) is 6.42 Å². The van der Waals surface area contributed by atoms with Crippen LogP contribution in [0.4, 0.5) is 5.69 Å². The summed E-state index contributed by atoms with van der Waals surface area (Å²) in [6.45, 7) is 1.00. The first kappa shape index (κ1) is 13.4. The summed E-state index contributed by atoms with van der Waals surface area (Å²) in [6, 6.07) is 18.4. The van der Waals surface area contributed by atoms with Crippen molar-refractivity contribution in [3.05, 3.63) is 71.8 Å². The summed E-state index contributed by atoms with van der Waals surface area (Å²) in [4.78, 5) is 0. The van der Waals surface area contributed by atoms with E-state index in [9.17, 15) is 0 Å². The monoisotopic (exact) mass is 253 g/mol. The summed E-state index contributed by atoms with van der Waals surface area (Å²) in [6.07, 6.45) is 4.93. The molecule has 19 heavy (non-hydrogen) atoms. The summed E-state index contributed by atoms with van der Waals surface area (Å²) in [7, 11) is 0. The molecular formula is C17H19NO. The standard InChI is InChI=1S/C17H19NO/c19-14-12-16-8-10-17(11-9-16)18-13-4-7-15-5-2-1-3-6-15/h1-11,18-19H,12-14H2/b7-4+. The predicted octanol–water partition coefficient (Wildman–Crippen LogP) is 3.35. The molecule has 0 bridgehead atoms. The molecule has 2 aromatic carbocycles. The number of hydrogen-bond donors (Lipinski definition) is 2. The molecule has 0 heterocycles. The van der Waals surface area contributed by atoms with Crippen LogP contribution in [-0.4, -0.2) is 18.3 Å². The molecule has 2 nitrogen and oxygen atoms in total. The highest BCUT2D eigenvalue weighted by atomic mass is 16.2. The molecule has 2 rings (SSSR count). The normalized spacial score (nSPS) is 10.8. The van der Waals surface area contributed by atoms with Gasteiger partial charge in [-0.3, -0.25) is 0 Å². The number of rotatable bonds is 6. The van der Waals surface area contributed by atoms with Crippen LogP contribution in [0.25, 0.3) is 6.08 Å². The van der Waals surface area contributed by atoms with Crippen molar-refractivity contribution in [1.82, 2.24) is 0 Å². The van der Waals surface area contributed by atoms with Crippen LogP contribution in [-0.2, 0) is 6.42 Å². The maximum absolute atomic E-state index is 8.85. The third-order valence-electron chi connectivity index (χ3n) is 2.89. The third-order valence-corrected chi connectivity index (χ3v) is 2.89. The number of aliphatic hydroxyl groups excluding tert-OH is 1. The van der Waals surface area contributed by atoms with Crippen LogP contribution < -0.4 is 5.32 Å². The van der Waals surface area contributed by atoms with E-state index in [0.29, 0.717) is 6.42 Å². The van der Waals surface area contributed by atoms with Crippen molar-refractivity contribution >= 4 is 11.8 Å². The van der Waals surface area contributed by atoms with Gasteiger partial charge in [0.1, 0.15) is 0 Å². The molecule has 0 aliphatic carbocycles. The lowest BCUT2D eigenvalue weighted by Crippen LogP contribution is -1.98. The second-order valence-corrected chi connectivity index (χ2v) is 4.36. The largest absolute Gasteiger partial charge is 0.396 e. The molecule has 2 N–H and O–H groups in total. The van der Waals surface area contributed by atoms with Crippen LogP contribution in [0.3, 0.4) is 0 Å². The van der Waals surface area contributed by atoms with Gasteiger partial charge in [-0.1, -0.05) is 54.6 Å². The summed E-state index contributed by atoms with van der Waals surface area (Å²) in [5.74, 6) is 0. The number of anilines is 1. The topological polar surface area (TPSA) is 32.3 Å². The molecule has 98 valence electrons. The first-order valence-corrected chi connectivity index (χ1v) is 6.54. The van der Waals surface area contributed by atoms with Crippen molar-refractivity contribution in [3.63, 3.8) is 0 Å². The fourth-order valence-electron chi connectivity index (χ4n) is 1.85. The number of nitrogens with one attached hydrogen (secondary N) is 1. The Morgan fingerprint density at radius 3 is 2.37 bits per heavy atom. The van der Waals surface area contributed by atoms with Crippen LogP contribution in [0.5, 0.6) is 0 Å². The average molecular weight is 253 g/mol. The molecule has 2 heteroatoms. The summed E-state index contributed by atoms with van der Waals surface area (Å²) in [5, 5.41) is 12.2. The molecule has 0 saturated carbocycles. The minimum Gasteiger partial charge on any atom is -0.396 e. The average Bonchev–Trinajstić information content (AvgIpc) is 2.47. The molecule has 0 amide bonds. The Bertz CT molecular complexity index is 503. The SMILES string of the molecule is OCCc1ccc(NC/C=C/c2ccccc2)cc1. The van der Waals surface area contributed by atoms with Crippen molar-refractivity contribution in [2.75, 3.05) is 18.5 Å². The van der Waals surface area contributed by atoms with Crippen molar-refractivity contribution in [2.24, 2.45) is 0 Å². The molecule has 0 unspecified atom stereocenters. The van der Waals surface area contributed by atoms with Crippen LogP contribution >= 0.6 is 0 Å². The van der Waals surface area contributed by atoms with E-state index >= 15 is 0 Å². The highest BCUT2D eigenvalue weighted by Crippen LogP contribution is 2.09. The van der Waals surface area contributed by atoms with E-state index in [1.807, 2.05) is 42.5 Å². The Balaban J connectivity index is 1.81. The van der Waals surface area contributed by atoms with E-state index in [1.165, 1.54) is 5.56 Å². The smallest absolute Gasteiger partial charge is 0.0471 e. The number of hydrogen-bond acceptors (Lipinski definition) is 2. The lowest BCUT2D eigenvalue weighted by atomic mass is 10.1. The van der Waals surface area contributed by atoms with Gasteiger partial charge in [0.05, 0.1) is 0 Å². The zero-order chi connectivity index (χ0) is 13.3. The molecule has 0 saturated heterocycles. The molecule has 0 aliphatic rings. The summed E-state index contributed by atoms with van der Waals surface area (Å²) >= 11 is 0. The Morgan fingerprint density at radius 2 is 1.68 bits per heavy atom. The van der Waals surface area contributed by atoms with E-state index in [2.05, 4.69) is 29.6 Å². The van der Waals surface area contributed by atoms with Gasteiger partial charge in [-0.25, -0.2) is 0 Å². The molecule has 0 atom stereocenters. The maximum atomic E-state index is 8.85. The summed E-state index contributed by atoms with van der Waals surface area (Å²) < 4.78 is 0. The van der Waals surface area contributed by atoms with E-state index in [0.717, 1.165) is 17.8 Å². The number of aliphatic hydroxyl groups is 1. The van der Waals surface area contributed by atoms with Crippen LogP contribution in [0.1, 0.15) is 11.1 Å². The van der Waals surface area contributed by atoms with E-state index in [1.54, 1.807) is 0 Å². The zero-order valence-electron chi connectivity index (χ0n) is 10.9. The molecular weight excluding hydrogens is 234 g/mol. The van der Waals surface area contributed by atoms with Gasteiger partial charge >= 0.3 is 0 Å². The van der Waals surface area contributed by atoms with Gasteiger partial charge in [0.2, 0.25) is 0 Å². The van der Waals surface area contributed by atoms with Gasteiger partial charge < -0.3 is 10.4 Å². The third kappa shape index (κ3) is 4.60. The molecule has 0 fully saturated rings. The molecule has 0 spiro atoms. The molecule has 0 aliphatic heterocycles. The second-order valence-electron chi connectivity index (χ2n) is 4.36. The lowest BCUT2D eigenvalue weighted by molar-refractivity contribution is 0.299. The summed E-state index contributed by atoms with van der Waals surface area (Å²) in [5.41, 5.74) is 3.47. The van der Waals surface area contributed by atoms with Gasteiger partial charge in [-0.05, 0) is 29.7 Å². The van der Waals surface area contributed by atoms with Gasteiger partial charge in [0.25, 0.3) is 0 Å². The predicted molar refractivity (Wildman–Crippen MR) is 81.2 cm³/mol. The molecule has 2 aromatic rings. The second kappa shape index (κ2) is 7.39. The van der Waals surface area contributed by atoms with Crippen LogP contribution in [0.15, 0.2) is 60.7 Å². The maximum Gasteiger partial charge on any atom is 0.0471 e. The lowest BCUT2D eigenvalue weighted by Gasteiger charge is -2.04. The Labute approximate surface area is 114 Å². The Hall–Kier alpha value is -2.06. The van der Waals surface area contributed by atoms with Gasteiger partial charge in [0.15, 0.2) is 0 Å². The quantitative estimate of drug-likeness (QED) is 0.827. The van der Waals surface area contributed by atoms with Gasteiger partial charge in [-0.15, -0.1) is 0 Å². The fraction of sp³-hybridized carbons (Fsp3) is 0.176. The Kier molecular flexibility index (Phi) is 5.20. The first-order chi connectivity index (χ1) is 9.38. The van der Waals surface area contributed by atoms with Crippen molar-refractivity contribution in [3.8, 4) is 0 Å². The molecule has 0 radical (unpaired) electrons. The van der Waals surface area contributed by atoms with Crippen molar-refractivity contribution in [1.29, 1.82) is 0 Å². The minimum atomic E-state index is 0.201. The van der Waals surface area contributed by atoms with Crippen LogP contribution in [0.2, 0.25) is 0 Å². The van der Waals surface area contributed by atoms with E-state index < -0.39 is 0 Å². The minimum absolute atomic E-state index is 0.201. The highest BCUT2D eigenvalue weighted by molar-refractivity contribution is 5.51. The van der Waals surface area contributed by atoms with Gasteiger partial charge in [-0.2, -0.15) is 0 Å². The Morgan fingerprint density at radius 1 is 0.947 bits per heavy atom. The van der Waals surface area contributed by atoms with E-state index in [4.69, 9.17) is 5.11 Å².